The summed E-state index contributed by atoms with van der Waals surface area (Å²) in [6, 6.07) is 3.12. The summed E-state index contributed by atoms with van der Waals surface area (Å²) in [5.41, 5.74) is 0. The average Bonchev–Trinajstić information content (AvgIpc) is 2.54. The van der Waals surface area contributed by atoms with Gasteiger partial charge >= 0.3 is 0 Å². The van der Waals surface area contributed by atoms with Gasteiger partial charge in [0.15, 0.2) is 11.5 Å². The van der Waals surface area contributed by atoms with E-state index in [4.69, 9.17) is 9.47 Å². The minimum atomic E-state index is -3.56. The second-order valence-corrected chi connectivity index (χ2v) is 7.74. The summed E-state index contributed by atoms with van der Waals surface area (Å²) in [5, 5.41) is 0. The molecule has 0 radical (unpaired) electrons. The number of halogens is 1. The molecule has 0 amide bonds. The van der Waals surface area contributed by atoms with E-state index >= 15 is 0 Å². The van der Waals surface area contributed by atoms with Crippen molar-refractivity contribution in [3.8, 4) is 11.5 Å². The molecule has 0 spiro atoms. The van der Waals surface area contributed by atoms with Crippen molar-refractivity contribution in [2.24, 2.45) is 0 Å². The molecule has 22 heavy (non-hydrogen) atoms. The van der Waals surface area contributed by atoms with Crippen LogP contribution in [0.15, 0.2) is 21.5 Å². The number of sulfonamides is 1. The number of methoxy groups -OCH3 is 2. The highest BCUT2D eigenvalue weighted by Gasteiger charge is 2.30. The van der Waals surface area contributed by atoms with Crippen LogP contribution in [0.1, 0.15) is 6.92 Å². The van der Waals surface area contributed by atoms with Gasteiger partial charge in [0.1, 0.15) is 4.90 Å². The molecule has 6 nitrogen and oxygen atoms in total. The van der Waals surface area contributed by atoms with E-state index < -0.39 is 10.0 Å². The molecule has 0 unspecified atom stereocenters. The molecule has 0 saturated carbocycles. The van der Waals surface area contributed by atoms with Gasteiger partial charge in [-0.2, -0.15) is 4.31 Å². The number of benzene rings is 1. The van der Waals surface area contributed by atoms with E-state index in [0.717, 1.165) is 19.6 Å². The van der Waals surface area contributed by atoms with Gasteiger partial charge < -0.3 is 14.4 Å². The lowest BCUT2D eigenvalue weighted by Gasteiger charge is -2.33. The van der Waals surface area contributed by atoms with Crippen LogP contribution in [0.25, 0.3) is 0 Å². The Labute approximate surface area is 140 Å². The number of hydrogen-bond acceptors (Lipinski definition) is 5. The number of likely N-dealkylation sites (N-methyl/N-ethyl adjacent to an activating group) is 1. The molecule has 0 N–H and O–H groups in total. The highest BCUT2D eigenvalue weighted by molar-refractivity contribution is 9.10. The molecule has 1 aliphatic heterocycles. The lowest BCUT2D eigenvalue weighted by Crippen LogP contribution is -2.48. The van der Waals surface area contributed by atoms with Crippen LogP contribution in [0, 0.1) is 0 Å². The third kappa shape index (κ3) is 3.40. The number of hydrogen-bond donors (Lipinski definition) is 0. The summed E-state index contributed by atoms with van der Waals surface area (Å²) in [5.74, 6) is 0.889. The monoisotopic (exact) mass is 392 g/mol. The van der Waals surface area contributed by atoms with Crippen molar-refractivity contribution >= 4 is 26.0 Å². The quantitative estimate of drug-likeness (QED) is 0.764. The lowest BCUT2D eigenvalue weighted by molar-refractivity contribution is 0.196. The van der Waals surface area contributed by atoms with E-state index in [1.807, 2.05) is 0 Å². The topological polar surface area (TPSA) is 59.1 Å². The summed E-state index contributed by atoms with van der Waals surface area (Å²) in [4.78, 5) is 2.44. The van der Waals surface area contributed by atoms with E-state index in [-0.39, 0.29) is 4.90 Å². The molecule has 0 atom stereocenters. The normalized spacial score (nSPS) is 17.5. The maximum atomic E-state index is 12.9. The molecule has 2 rings (SSSR count). The van der Waals surface area contributed by atoms with Crippen LogP contribution in [0.5, 0.6) is 11.5 Å². The van der Waals surface area contributed by atoms with Gasteiger partial charge in [-0.05, 0) is 28.5 Å². The summed E-state index contributed by atoms with van der Waals surface area (Å²) in [6.07, 6.45) is 0. The number of rotatable bonds is 5. The first kappa shape index (κ1) is 17.5. The molecule has 1 aromatic rings. The Kier molecular flexibility index (Phi) is 5.70. The molecule has 1 heterocycles. The number of nitrogens with zero attached hydrogens (tertiary/aromatic N) is 2. The molecule has 0 aromatic heterocycles. The predicted octanol–water partition coefficient (Wildman–Crippen LogP) is 1.79. The fourth-order valence-corrected chi connectivity index (χ4v) is 4.88. The zero-order valence-corrected chi connectivity index (χ0v) is 15.4. The van der Waals surface area contributed by atoms with Crippen molar-refractivity contribution in [1.82, 2.24) is 9.21 Å². The van der Waals surface area contributed by atoms with Gasteiger partial charge in [0.05, 0.1) is 14.2 Å². The van der Waals surface area contributed by atoms with Crippen LogP contribution in [0.3, 0.4) is 0 Å². The fraction of sp³-hybridized carbons (Fsp3) is 0.571. The average molecular weight is 393 g/mol. The second-order valence-electron chi connectivity index (χ2n) is 4.98. The minimum absolute atomic E-state index is 0.204. The highest BCUT2D eigenvalue weighted by Crippen LogP contribution is 2.36. The molecule has 1 saturated heterocycles. The second kappa shape index (κ2) is 7.16. The Morgan fingerprint density at radius 1 is 1.09 bits per heavy atom. The van der Waals surface area contributed by atoms with E-state index in [9.17, 15) is 8.42 Å². The molecule has 1 aromatic carbocycles. The summed E-state index contributed by atoms with van der Waals surface area (Å²) in [7, 11) is -0.553. The standard InChI is InChI=1S/C14H21BrN2O4S/c1-4-16-5-7-17(8-6-16)22(18,19)14-10-13(21-3)12(20-2)9-11(14)15/h9-10H,4-8H2,1-3H3. The van der Waals surface area contributed by atoms with Crippen molar-refractivity contribution in [2.75, 3.05) is 46.9 Å². The van der Waals surface area contributed by atoms with Gasteiger partial charge in [0, 0.05) is 36.7 Å². The third-order valence-electron chi connectivity index (χ3n) is 3.83. The molecular weight excluding hydrogens is 372 g/mol. The maximum absolute atomic E-state index is 12.9. The van der Waals surface area contributed by atoms with Crippen molar-refractivity contribution < 1.29 is 17.9 Å². The maximum Gasteiger partial charge on any atom is 0.244 e. The highest BCUT2D eigenvalue weighted by atomic mass is 79.9. The van der Waals surface area contributed by atoms with Crippen molar-refractivity contribution in [1.29, 1.82) is 0 Å². The molecule has 0 bridgehead atoms. The molecular formula is C14H21BrN2O4S. The smallest absolute Gasteiger partial charge is 0.244 e. The fourth-order valence-electron chi connectivity index (χ4n) is 2.46. The number of piperazine rings is 1. The van der Waals surface area contributed by atoms with E-state index in [2.05, 4.69) is 27.8 Å². The minimum Gasteiger partial charge on any atom is -0.493 e. The Morgan fingerprint density at radius 3 is 2.14 bits per heavy atom. The van der Waals surface area contributed by atoms with Gasteiger partial charge in [-0.25, -0.2) is 8.42 Å². The first-order chi connectivity index (χ1) is 10.4. The zero-order chi connectivity index (χ0) is 16.3. The Bertz CT molecular complexity index is 628. The Balaban J connectivity index is 2.34. The van der Waals surface area contributed by atoms with Crippen LogP contribution in [-0.4, -0.2) is 64.6 Å². The molecule has 124 valence electrons. The van der Waals surface area contributed by atoms with Gasteiger partial charge in [0.2, 0.25) is 10.0 Å². The number of ether oxygens (including phenoxy) is 2. The van der Waals surface area contributed by atoms with Gasteiger partial charge in [0.25, 0.3) is 0 Å². The summed E-state index contributed by atoms with van der Waals surface area (Å²) in [6.45, 7) is 5.51. The molecule has 1 fully saturated rings. The van der Waals surface area contributed by atoms with Crippen LogP contribution in [0.2, 0.25) is 0 Å². The SMILES string of the molecule is CCN1CCN(S(=O)(=O)c2cc(OC)c(OC)cc2Br)CC1. The first-order valence-corrected chi connectivity index (χ1v) is 9.31. The third-order valence-corrected chi connectivity index (χ3v) is 6.69. The van der Waals surface area contributed by atoms with Crippen LogP contribution < -0.4 is 9.47 Å². The first-order valence-electron chi connectivity index (χ1n) is 7.08. The van der Waals surface area contributed by atoms with Gasteiger partial charge in [-0.15, -0.1) is 0 Å². The zero-order valence-electron chi connectivity index (χ0n) is 13.0. The molecule has 1 aliphatic rings. The van der Waals surface area contributed by atoms with Crippen LogP contribution >= 0.6 is 15.9 Å². The summed E-state index contributed by atoms with van der Waals surface area (Å²) >= 11 is 3.33. The Morgan fingerprint density at radius 2 is 1.64 bits per heavy atom. The van der Waals surface area contributed by atoms with Crippen molar-refractivity contribution in [3.05, 3.63) is 16.6 Å². The van der Waals surface area contributed by atoms with Gasteiger partial charge in [-0.3, -0.25) is 0 Å². The largest absolute Gasteiger partial charge is 0.493 e. The van der Waals surface area contributed by atoms with E-state index in [1.165, 1.54) is 24.6 Å². The van der Waals surface area contributed by atoms with Crippen LogP contribution in [0.4, 0.5) is 0 Å². The van der Waals surface area contributed by atoms with Crippen LogP contribution in [-0.2, 0) is 10.0 Å². The van der Waals surface area contributed by atoms with E-state index in [0.29, 0.717) is 29.1 Å². The lowest BCUT2D eigenvalue weighted by atomic mass is 10.3. The Hall–Kier alpha value is -0.830. The molecule has 8 heteroatoms. The van der Waals surface area contributed by atoms with Crippen molar-refractivity contribution in [2.45, 2.75) is 11.8 Å². The van der Waals surface area contributed by atoms with Gasteiger partial charge in [-0.1, -0.05) is 6.92 Å². The van der Waals surface area contributed by atoms with E-state index in [1.54, 1.807) is 6.07 Å². The summed E-state index contributed by atoms with van der Waals surface area (Å²) < 4.78 is 38.1. The van der Waals surface area contributed by atoms with Crippen molar-refractivity contribution in [3.63, 3.8) is 0 Å². The predicted molar refractivity (Wildman–Crippen MR) is 88.1 cm³/mol. The molecule has 0 aliphatic carbocycles.